The number of carbonyl (C=O) groups is 1. The standard InChI is InChI=1S/C20H20N4OS/c1-13-18(26-19(23-13)17-9-5-6-10-22-17)20(25)24-11-15(16(21)12-24)14-7-3-2-4-8-14/h2-10,15-16H,11-12,21H2,1H3/t15-,16+/m0/s1. The van der Waals surface area contributed by atoms with Crippen LogP contribution in [-0.4, -0.2) is 39.9 Å². The highest BCUT2D eigenvalue weighted by Gasteiger charge is 2.35. The highest BCUT2D eigenvalue weighted by atomic mass is 32.1. The Balaban J connectivity index is 1.56. The highest BCUT2D eigenvalue weighted by molar-refractivity contribution is 7.17. The van der Waals surface area contributed by atoms with Gasteiger partial charge in [0.25, 0.3) is 5.91 Å². The maximum Gasteiger partial charge on any atom is 0.265 e. The molecule has 1 aromatic carbocycles. The second-order valence-corrected chi connectivity index (χ2v) is 7.54. The third-order valence-electron chi connectivity index (χ3n) is 4.75. The summed E-state index contributed by atoms with van der Waals surface area (Å²) in [6, 6.07) is 15.8. The van der Waals surface area contributed by atoms with Crippen molar-refractivity contribution in [2.24, 2.45) is 5.73 Å². The van der Waals surface area contributed by atoms with Crippen LogP contribution in [0.4, 0.5) is 0 Å². The number of hydrogen-bond acceptors (Lipinski definition) is 5. The topological polar surface area (TPSA) is 72.1 Å². The van der Waals surface area contributed by atoms with Gasteiger partial charge in [-0.15, -0.1) is 11.3 Å². The highest BCUT2D eigenvalue weighted by Crippen LogP contribution is 2.31. The summed E-state index contributed by atoms with van der Waals surface area (Å²) in [6.07, 6.45) is 1.73. The predicted molar refractivity (Wildman–Crippen MR) is 103 cm³/mol. The van der Waals surface area contributed by atoms with Crippen LogP contribution in [0.5, 0.6) is 0 Å². The number of likely N-dealkylation sites (tertiary alicyclic amines) is 1. The van der Waals surface area contributed by atoms with Crippen molar-refractivity contribution in [3.05, 3.63) is 70.9 Å². The maximum absolute atomic E-state index is 13.1. The van der Waals surface area contributed by atoms with Crippen LogP contribution in [0.1, 0.15) is 26.8 Å². The van der Waals surface area contributed by atoms with Crippen LogP contribution < -0.4 is 5.73 Å². The Kier molecular flexibility index (Phi) is 4.53. The summed E-state index contributed by atoms with van der Waals surface area (Å²) in [5, 5.41) is 0.773. The first kappa shape index (κ1) is 16.9. The molecule has 1 aliphatic heterocycles. The van der Waals surface area contributed by atoms with E-state index < -0.39 is 0 Å². The van der Waals surface area contributed by atoms with Gasteiger partial charge in [-0.25, -0.2) is 4.98 Å². The van der Waals surface area contributed by atoms with E-state index in [0.717, 1.165) is 16.4 Å². The van der Waals surface area contributed by atoms with Crippen LogP contribution in [0.3, 0.4) is 0 Å². The fourth-order valence-corrected chi connectivity index (χ4v) is 4.40. The van der Waals surface area contributed by atoms with Gasteiger partial charge in [-0.1, -0.05) is 36.4 Å². The van der Waals surface area contributed by atoms with E-state index in [-0.39, 0.29) is 17.9 Å². The molecule has 132 valence electrons. The van der Waals surface area contributed by atoms with Crippen LogP contribution in [0.25, 0.3) is 10.7 Å². The minimum atomic E-state index is -0.0511. The first-order chi connectivity index (χ1) is 12.6. The van der Waals surface area contributed by atoms with E-state index >= 15 is 0 Å². The molecule has 2 atom stereocenters. The largest absolute Gasteiger partial charge is 0.336 e. The number of amides is 1. The molecular weight excluding hydrogens is 344 g/mol. The van der Waals surface area contributed by atoms with Gasteiger partial charge in [-0.05, 0) is 24.6 Å². The number of hydrogen-bond donors (Lipinski definition) is 1. The molecule has 3 aromatic rings. The molecule has 4 rings (SSSR count). The predicted octanol–water partition coefficient (Wildman–Crippen LogP) is 3.08. The lowest BCUT2D eigenvalue weighted by Gasteiger charge is -2.15. The van der Waals surface area contributed by atoms with Crippen molar-refractivity contribution in [2.75, 3.05) is 13.1 Å². The molecule has 26 heavy (non-hydrogen) atoms. The summed E-state index contributed by atoms with van der Waals surface area (Å²) >= 11 is 1.40. The molecule has 0 spiro atoms. The van der Waals surface area contributed by atoms with E-state index in [4.69, 9.17) is 5.73 Å². The molecule has 1 aliphatic rings. The summed E-state index contributed by atoms with van der Waals surface area (Å²) in [7, 11) is 0. The molecule has 3 heterocycles. The Morgan fingerprint density at radius 2 is 1.92 bits per heavy atom. The second kappa shape index (κ2) is 6.97. The Hall–Kier alpha value is -2.57. The minimum Gasteiger partial charge on any atom is -0.336 e. The number of nitrogens with two attached hydrogens (primary N) is 1. The van der Waals surface area contributed by atoms with E-state index in [2.05, 4.69) is 22.1 Å². The third-order valence-corrected chi connectivity index (χ3v) is 5.92. The SMILES string of the molecule is Cc1nc(-c2ccccn2)sc1C(=O)N1C[C@@H](N)[C@H](c2ccccc2)C1. The van der Waals surface area contributed by atoms with Gasteiger partial charge in [0.1, 0.15) is 9.88 Å². The monoisotopic (exact) mass is 364 g/mol. The van der Waals surface area contributed by atoms with Crippen LogP contribution in [0.15, 0.2) is 54.7 Å². The lowest BCUT2D eigenvalue weighted by Crippen LogP contribution is -2.32. The van der Waals surface area contributed by atoms with Gasteiger partial charge in [-0.3, -0.25) is 9.78 Å². The average Bonchev–Trinajstić information content (AvgIpc) is 3.26. The van der Waals surface area contributed by atoms with Crippen molar-refractivity contribution >= 4 is 17.2 Å². The lowest BCUT2D eigenvalue weighted by molar-refractivity contribution is 0.0793. The number of rotatable bonds is 3. The number of aromatic nitrogens is 2. The normalized spacial score (nSPS) is 19.7. The molecule has 2 N–H and O–H groups in total. The zero-order valence-electron chi connectivity index (χ0n) is 14.5. The van der Waals surface area contributed by atoms with Crippen molar-refractivity contribution in [1.29, 1.82) is 0 Å². The molecule has 0 saturated carbocycles. The van der Waals surface area contributed by atoms with Gasteiger partial charge in [0.15, 0.2) is 0 Å². The Labute approximate surface area is 156 Å². The summed E-state index contributed by atoms with van der Waals surface area (Å²) in [5.74, 6) is 0.180. The molecule has 1 fully saturated rings. The molecule has 1 amide bonds. The Bertz CT molecular complexity index is 910. The van der Waals surface area contributed by atoms with E-state index in [0.29, 0.717) is 18.0 Å². The number of carbonyl (C=O) groups excluding carboxylic acids is 1. The summed E-state index contributed by atoms with van der Waals surface area (Å²) in [4.78, 5) is 24.5. The van der Waals surface area contributed by atoms with Gasteiger partial charge in [0, 0.05) is 31.2 Å². The van der Waals surface area contributed by atoms with Gasteiger partial charge in [0.2, 0.25) is 0 Å². The molecule has 0 radical (unpaired) electrons. The minimum absolute atomic E-state index is 0.0102. The fraction of sp³-hybridized carbons (Fsp3) is 0.250. The zero-order chi connectivity index (χ0) is 18.1. The van der Waals surface area contributed by atoms with E-state index in [1.165, 1.54) is 16.9 Å². The van der Waals surface area contributed by atoms with E-state index in [1.807, 2.05) is 48.2 Å². The van der Waals surface area contributed by atoms with Gasteiger partial charge >= 0.3 is 0 Å². The van der Waals surface area contributed by atoms with Crippen LogP contribution >= 0.6 is 11.3 Å². The molecular formula is C20H20N4OS. The van der Waals surface area contributed by atoms with Gasteiger partial charge < -0.3 is 10.6 Å². The first-order valence-corrected chi connectivity index (χ1v) is 9.44. The van der Waals surface area contributed by atoms with Crippen LogP contribution in [-0.2, 0) is 0 Å². The summed E-state index contributed by atoms with van der Waals surface area (Å²) < 4.78 is 0. The van der Waals surface area contributed by atoms with Crippen molar-refractivity contribution in [2.45, 2.75) is 18.9 Å². The summed E-state index contributed by atoms with van der Waals surface area (Å²) in [5.41, 5.74) is 9.06. The molecule has 2 aromatic heterocycles. The van der Waals surface area contributed by atoms with Crippen molar-refractivity contribution in [1.82, 2.24) is 14.9 Å². The molecule has 6 heteroatoms. The molecule has 0 unspecified atom stereocenters. The molecule has 1 saturated heterocycles. The van der Waals surface area contributed by atoms with Gasteiger partial charge in [-0.2, -0.15) is 0 Å². The zero-order valence-corrected chi connectivity index (χ0v) is 15.3. The maximum atomic E-state index is 13.1. The number of pyridine rings is 1. The quantitative estimate of drug-likeness (QED) is 0.775. The number of benzene rings is 1. The Morgan fingerprint density at radius 3 is 2.65 bits per heavy atom. The van der Waals surface area contributed by atoms with Gasteiger partial charge in [0.05, 0.1) is 11.4 Å². The number of thiazole rings is 1. The van der Waals surface area contributed by atoms with Crippen molar-refractivity contribution in [3.8, 4) is 10.7 Å². The van der Waals surface area contributed by atoms with Crippen molar-refractivity contribution < 1.29 is 4.79 Å². The summed E-state index contributed by atoms with van der Waals surface area (Å²) in [6.45, 7) is 3.08. The number of nitrogens with zero attached hydrogens (tertiary/aromatic N) is 3. The second-order valence-electron chi connectivity index (χ2n) is 6.54. The Morgan fingerprint density at radius 1 is 1.15 bits per heavy atom. The molecule has 0 bridgehead atoms. The van der Waals surface area contributed by atoms with Crippen LogP contribution in [0, 0.1) is 6.92 Å². The van der Waals surface area contributed by atoms with E-state index in [9.17, 15) is 4.79 Å². The number of aryl methyl sites for hydroxylation is 1. The fourth-order valence-electron chi connectivity index (χ4n) is 3.39. The lowest BCUT2D eigenvalue weighted by atomic mass is 9.95. The molecule has 5 nitrogen and oxygen atoms in total. The smallest absolute Gasteiger partial charge is 0.265 e. The van der Waals surface area contributed by atoms with E-state index in [1.54, 1.807) is 6.20 Å². The van der Waals surface area contributed by atoms with Crippen molar-refractivity contribution in [3.63, 3.8) is 0 Å². The third kappa shape index (κ3) is 3.13. The average molecular weight is 364 g/mol. The molecule has 0 aliphatic carbocycles. The first-order valence-electron chi connectivity index (χ1n) is 8.62. The van der Waals surface area contributed by atoms with Crippen LogP contribution in [0.2, 0.25) is 0 Å².